The zero-order valence-electron chi connectivity index (χ0n) is 10.0. The maximum Gasteiger partial charge on any atom is 0.139 e. The van der Waals surface area contributed by atoms with Crippen LogP contribution in [0.25, 0.3) is 0 Å². The summed E-state index contributed by atoms with van der Waals surface area (Å²) < 4.78 is 0. The van der Waals surface area contributed by atoms with E-state index in [-0.39, 0.29) is 0 Å². The summed E-state index contributed by atoms with van der Waals surface area (Å²) in [6, 6.07) is 3.99. The number of likely N-dealkylation sites (tertiary alicyclic amines) is 1. The van der Waals surface area contributed by atoms with Gasteiger partial charge >= 0.3 is 0 Å². The third-order valence-electron chi connectivity index (χ3n) is 3.14. The second-order valence-corrected chi connectivity index (χ2v) is 5.32. The number of aromatic nitrogens is 1. The topological polar surface area (TPSA) is 54.2 Å². The highest BCUT2D eigenvalue weighted by Crippen LogP contribution is 2.29. The molecule has 0 saturated carbocycles. The number of nitrogens with two attached hydrogens (primary N) is 1. The highest BCUT2D eigenvalue weighted by atomic mass is 15.2. The number of nitrogens with zero attached hydrogens (tertiary/aromatic N) is 2. The van der Waals surface area contributed by atoms with Crippen LogP contribution >= 0.6 is 0 Å². The first-order valence-corrected chi connectivity index (χ1v) is 5.73. The van der Waals surface area contributed by atoms with Crippen LogP contribution in [0.3, 0.4) is 0 Å². The molecule has 4 heteroatoms. The molecule has 0 bridgehead atoms. The van der Waals surface area contributed by atoms with Crippen LogP contribution < -0.4 is 11.3 Å². The van der Waals surface area contributed by atoms with E-state index in [1.165, 1.54) is 25.1 Å². The van der Waals surface area contributed by atoms with E-state index < -0.39 is 0 Å². The molecule has 0 aromatic carbocycles. The van der Waals surface area contributed by atoms with Crippen LogP contribution in [-0.2, 0) is 6.54 Å². The third-order valence-corrected chi connectivity index (χ3v) is 3.14. The van der Waals surface area contributed by atoms with E-state index >= 15 is 0 Å². The van der Waals surface area contributed by atoms with Gasteiger partial charge in [-0.15, -0.1) is 0 Å². The lowest BCUT2D eigenvalue weighted by molar-refractivity contribution is 0.284. The van der Waals surface area contributed by atoms with Crippen molar-refractivity contribution in [1.82, 2.24) is 9.88 Å². The third kappa shape index (κ3) is 2.71. The molecule has 0 radical (unpaired) electrons. The highest BCUT2D eigenvalue weighted by molar-refractivity contribution is 5.33. The lowest BCUT2D eigenvalue weighted by Gasteiger charge is -2.19. The maximum atomic E-state index is 5.28. The van der Waals surface area contributed by atoms with Gasteiger partial charge in [0.2, 0.25) is 0 Å². The number of rotatable bonds is 3. The van der Waals surface area contributed by atoms with E-state index in [0.29, 0.717) is 11.2 Å². The molecule has 3 N–H and O–H groups in total. The summed E-state index contributed by atoms with van der Waals surface area (Å²) in [6.07, 6.45) is 3.17. The van der Waals surface area contributed by atoms with Crippen LogP contribution in [0.4, 0.5) is 5.82 Å². The normalized spacial score (nSPS) is 19.9. The Morgan fingerprint density at radius 3 is 2.81 bits per heavy atom. The zero-order chi connectivity index (χ0) is 11.6. The van der Waals surface area contributed by atoms with Gasteiger partial charge in [-0.25, -0.2) is 10.8 Å². The first kappa shape index (κ1) is 11.4. The van der Waals surface area contributed by atoms with Crippen molar-refractivity contribution in [1.29, 1.82) is 0 Å². The molecule has 1 aliphatic heterocycles. The first-order valence-electron chi connectivity index (χ1n) is 5.73. The molecule has 0 aliphatic carbocycles. The van der Waals surface area contributed by atoms with Gasteiger partial charge < -0.3 is 5.43 Å². The second-order valence-electron chi connectivity index (χ2n) is 5.32. The molecule has 1 aromatic rings. The van der Waals surface area contributed by atoms with E-state index in [1.807, 2.05) is 12.3 Å². The van der Waals surface area contributed by atoms with E-state index in [0.717, 1.165) is 6.54 Å². The van der Waals surface area contributed by atoms with Gasteiger partial charge in [0.15, 0.2) is 0 Å². The summed E-state index contributed by atoms with van der Waals surface area (Å²) in [5.74, 6) is 5.99. The molecule has 1 saturated heterocycles. The lowest BCUT2D eigenvalue weighted by Crippen LogP contribution is -2.23. The number of pyridine rings is 1. The van der Waals surface area contributed by atoms with Crippen molar-refractivity contribution in [2.45, 2.75) is 26.8 Å². The van der Waals surface area contributed by atoms with Crippen molar-refractivity contribution in [2.24, 2.45) is 11.3 Å². The van der Waals surface area contributed by atoms with Crippen LogP contribution in [0.2, 0.25) is 0 Å². The van der Waals surface area contributed by atoms with Crippen molar-refractivity contribution < 1.29 is 0 Å². The molecule has 1 fully saturated rings. The lowest BCUT2D eigenvalue weighted by atomic mass is 9.93. The number of hydrazine groups is 1. The van der Waals surface area contributed by atoms with Crippen molar-refractivity contribution in [3.05, 3.63) is 23.9 Å². The van der Waals surface area contributed by atoms with Gasteiger partial charge in [-0.05, 0) is 30.0 Å². The molecule has 1 aromatic heterocycles. The summed E-state index contributed by atoms with van der Waals surface area (Å²) in [5, 5.41) is 0. The van der Waals surface area contributed by atoms with Crippen molar-refractivity contribution in [2.75, 3.05) is 18.5 Å². The fourth-order valence-electron chi connectivity index (χ4n) is 2.22. The van der Waals surface area contributed by atoms with Gasteiger partial charge in [0.25, 0.3) is 0 Å². The van der Waals surface area contributed by atoms with Gasteiger partial charge in [-0.2, -0.15) is 0 Å². The minimum absolute atomic E-state index is 0.464. The molecule has 2 heterocycles. The maximum absolute atomic E-state index is 5.28. The minimum atomic E-state index is 0.464. The molecule has 16 heavy (non-hydrogen) atoms. The average Bonchev–Trinajstić information content (AvgIpc) is 2.59. The molecule has 0 amide bonds. The van der Waals surface area contributed by atoms with E-state index in [9.17, 15) is 0 Å². The summed E-state index contributed by atoms with van der Waals surface area (Å²) in [4.78, 5) is 6.69. The Morgan fingerprint density at radius 1 is 1.50 bits per heavy atom. The Kier molecular flexibility index (Phi) is 3.12. The summed E-state index contributed by atoms with van der Waals surface area (Å²) in [7, 11) is 0. The first-order chi connectivity index (χ1) is 7.59. The quantitative estimate of drug-likeness (QED) is 0.600. The number of hydrogen-bond acceptors (Lipinski definition) is 4. The number of hydrogen-bond donors (Lipinski definition) is 2. The van der Waals surface area contributed by atoms with Gasteiger partial charge in [-0.1, -0.05) is 19.9 Å². The van der Waals surface area contributed by atoms with Gasteiger partial charge in [-0.3, -0.25) is 4.90 Å². The fourth-order valence-corrected chi connectivity index (χ4v) is 2.22. The molecule has 88 valence electrons. The summed E-state index contributed by atoms with van der Waals surface area (Å²) in [5.41, 5.74) is 4.25. The fraction of sp³-hybridized carbons (Fsp3) is 0.583. The molecular formula is C12H20N4. The van der Waals surface area contributed by atoms with Crippen LogP contribution in [0.15, 0.2) is 18.3 Å². The monoisotopic (exact) mass is 220 g/mol. The molecule has 1 aliphatic rings. The SMILES string of the molecule is CC1(C)CCN(Cc2ccc(NN)nc2)C1. The van der Waals surface area contributed by atoms with Gasteiger partial charge in [0, 0.05) is 19.3 Å². The molecule has 0 atom stereocenters. The smallest absolute Gasteiger partial charge is 0.139 e. The number of anilines is 1. The average molecular weight is 220 g/mol. The van der Waals surface area contributed by atoms with Gasteiger partial charge in [0.1, 0.15) is 5.82 Å². The highest BCUT2D eigenvalue weighted by Gasteiger charge is 2.28. The standard InChI is InChI=1S/C12H20N4/c1-12(2)5-6-16(9-12)8-10-3-4-11(15-13)14-7-10/h3-4,7H,5-6,8-9,13H2,1-2H3,(H,14,15). The zero-order valence-corrected chi connectivity index (χ0v) is 10.0. The number of nitrogens with one attached hydrogen (secondary N) is 1. The summed E-state index contributed by atoms with van der Waals surface area (Å²) >= 11 is 0. The molecule has 0 unspecified atom stereocenters. The largest absolute Gasteiger partial charge is 0.308 e. The van der Waals surface area contributed by atoms with Crippen molar-refractivity contribution >= 4 is 5.82 Å². The molecular weight excluding hydrogens is 200 g/mol. The Labute approximate surface area is 96.8 Å². The Balaban J connectivity index is 1.94. The van der Waals surface area contributed by atoms with Crippen molar-refractivity contribution in [3.63, 3.8) is 0 Å². The second kappa shape index (κ2) is 4.39. The Morgan fingerprint density at radius 2 is 2.31 bits per heavy atom. The van der Waals surface area contributed by atoms with E-state index in [2.05, 4.69) is 35.2 Å². The predicted octanol–water partition coefficient (Wildman–Crippen LogP) is 1.60. The van der Waals surface area contributed by atoms with Crippen LogP contribution in [0, 0.1) is 5.41 Å². The number of nitrogen functional groups attached to an aromatic ring is 1. The van der Waals surface area contributed by atoms with Crippen LogP contribution in [0.5, 0.6) is 0 Å². The Bertz CT molecular complexity index is 345. The molecule has 2 rings (SSSR count). The molecule has 4 nitrogen and oxygen atoms in total. The minimum Gasteiger partial charge on any atom is -0.308 e. The van der Waals surface area contributed by atoms with Crippen molar-refractivity contribution in [3.8, 4) is 0 Å². The van der Waals surface area contributed by atoms with Crippen LogP contribution in [0.1, 0.15) is 25.8 Å². The summed E-state index contributed by atoms with van der Waals surface area (Å²) in [6.45, 7) is 7.99. The predicted molar refractivity (Wildman–Crippen MR) is 65.7 cm³/mol. The van der Waals surface area contributed by atoms with Gasteiger partial charge in [0.05, 0.1) is 0 Å². The van der Waals surface area contributed by atoms with Crippen LogP contribution in [-0.4, -0.2) is 23.0 Å². The van der Waals surface area contributed by atoms with E-state index in [1.54, 1.807) is 0 Å². The van der Waals surface area contributed by atoms with E-state index in [4.69, 9.17) is 5.84 Å². The Hall–Kier alpha value is -1.13. The molecule has 0 spiro atoms.